The summed E-state index contributed by atoms with van der Waals surface area (Å²) in [7, 11) is -3.67. The normalized spacial score (nSPS) is 16.3. The van der Waals surface area contributed by atoms with Crippen LogP contribution in [0, 0.1) is 0 Å². The maximum absolute atomic E-state index is 12.8. The molecular weight excluding hydrogens is 458 g/mol. The highest BCUT2D eigenvalue weighted by atomic mass is 79.9. The number of anilines is 1. The van der Waals surface area contributed by atoms with E-state index in [-0.39, 0.29) is 28.4 Å². The van der Waals surface area contributed by atoms with E-state index in [2.05, 4.69) is 31.3 Å². The lowest BCUT2D eigenvalue weighted by atomic mass is 10.1. The molecule has 0 heterocycles. The molecule has 152 valence electrons. The third kappa shape index (κ3) is 5.04. The molecule has 0 aliphatic heterocycles. The van der Waals surface area contributed by atoms with Gasteiger partial charge in [-0.25, -0.2) is 13.1 Å². The van der Waals surface area contributed by atoms with E-state index in [0.29, 0.717) is 15.7 Å². The Bertz CT molecular complexity index is 1080. The summed E-state index contributed by atoms with van der Waals surface area (Å²) in [6, 6.07) is 11.2. The molecule has 3 N–H and O–H groups in total. The molecule has 2 aliphatic carbocycles. The number of carbonyl (C=O) groups is 2. The molecule has 2 aromatic carbocycles. The van der Waals surface area contributed by atoms with Crippen LogP contribution >= 0.6 is 15.9 Å². The summed E-state index contributed by atoms with van der Waals surface area (Å²) in [4.78, 5) is 25.0. The number of halogens is 1. The predicted molar refractivity (Wildman–Crippen MR) is 112 cm³/mol. The van der Waals surface area contributed by atoms with Gasteiger partial charge in [0, 0.05) is 27.8 Å². The fourth-order valence-corrected chi connectivity index (χ4v) is 4.52. The van der Waals surface area contributed by atoms with Crippen LogP contribution in [-0.4, -0.2) is 32.3 Å². The first-order valence-electron chi connectivity index (χ1n) is 9.36. The lowest BCUT2D eigenvalue weighted by molar-refractivity contribution is 0.0949. The number of nitrogens with one attached hydrogen (secondary N) is 3. The third-order valence-electron chi connectivity index (χ3n) is 4.69. The van der Waals surface area contributed by atoms with E-state index < -0.39 is 15.9 Å². The highest BCUT2D eigenvalue weighted by Gasteiger charge is 2.29. The molecule has 0 aromatic heterocycles. The number of sulfonamides is 1. The molecule has 2 aliphatic rings. The van der Waals surface area contributed by atoms with Gasteiger partial charge in [-0.1, -0.05) is 6.07 Å². The Morgan fingerprint density at radius 2 is 1.66 bits per heavy atom. The van der Waals surface area contributed by atoms with Crippen LogP contribution in [0.3, 0.4) is 0 Å². The van der Waals surface area contributed by atoms with E-state index >= 15 is 0 Å². The van der Waals surface area contributed by atoms with Gasteiger partial charge in [0.2, 0.25) is 10.0 Å². The van der Waals surface area contributed by atoms with Crippen LogP contribution in [0.15, 0.2) is 51.8 Å². The van der Waals surface area contributed by atoms with Crippen molar-refractivity contribution in [1.29, 1.82) is 0 Å². The summed E-state index contributed by atoms with van der Waals surface area (Å²) < 4.78 is 28.0. The lowest BCUT2D eigenvalue weighted by Crippen LogP contribution is -2.26. The van der Waals surface area contributed by atoms with Crippen LogP contribution in [0.4, 0.5) is 5.69 Å². The van der Waals surface area contributed by atoms with Crippen molar-refractivity contribution in [3.05, 3.63) is 58.1 Å². The number of carbonyl (C=O) groups excluding carboxylic acids is 2. The number of benzene rings is 2. The second-order valence-electron chi connectivity index (χ2n) is 7.32. The molecule has 0 spiro atoms. The average molecular weight is 478 g/mol. The Morgan fingerprint density at radius 3 is 2.34 bits per heavy atom. The monoisotopic (exact) mass is 477 g/mol. The van der Waals surface area contributed by atoms with Gasteiger partial charge < -0.3 is 10.6 Å². The highest BCUT2D eigenvalue weighted by Crippen LogP contribution is 2.26. The molecular formula is C20H20BrN3O4S. The molecule has 2 fully saturated rings. The standard InChI is InChI=1S/C20H20BrN3O4S/c21-18-9-8-16(29(27,28)24-14-6-7-14)11-17(18)20(26)23-15-3-1-2-12(10-15)19(25)22-13-4-5-13/h1-3,8-11,13-14,24H,4-7H2,(H,22,25)(H,23,26). The Balaban J connectivity index is 1.52. The minimum atomic E-state index is -3.67. The van der Waals surface area contributed by atoms with Crippen molar-refractivity contribution in [2.24, 2.45) is 0 Å². The van der Waals surface area contributed by atoms with E-state index in [0.717, 1.165) is 25.7 Å². The summed E-state index contributed by atoms with van der Waals surface area (Å²) in [6.45, 7) is 0. The molecule has 7 nitrogen and oxygen atoms in total. The van der Waals surface area contributed by atoms with E-state index in [1.54, 1.807) is 24.3 Å². The first kappa shape index (κ1) is 20.1. The van der Waals surface area contributed by atoms with Crippen LogP contribution < -0.4 is 15.4 Å². The summed E-state index contributed by atoms with van der Waals surface area (Å²) in [5.74, 6) is -0.649. The summed E-state index contributed by atoms with van der Waals surface area (Å²) in [6.07, 6.45) is 3.64. The minimum absolute atomic E-state index is 0.0227. The van der Waals surface area contributed by atoms with Crippen LogP contribution in [0.1, 0.15) is 46.4 Å². The summed E-state index contributed by atoms with van der Waals surface area (Å²) in [5.41, 5.74) is 1.10. The molecule has 2 aromatic rings. The zero-order valence-electron chi connectivity index (χ0n) is 15.4. The van der Waals surface area contributed by atoms with Gasteiger partial charge in [-0.3, -0.25) is 9.59 Å². The van der Waals surface area contributed by atoms with Gasteiger partial charge in [-0.15, -0.1) is 0 Å². The van der Waals surface area contributed by atoms with E-state index in [4.69, 9.17) is 0 Å². The molecule has 2 amide bonds. The maximum Gasteiger partial charge on any atom is 0.256 e. The third-order valence-corrected chi connectivity index (χ3v) is 6.90. The quantitative estimate of drug-likeness (QED) is 0.569. The van der Waals surface area contributed by atoms with Crippen molar-refractivity contribution >= 4 is 43.5 Å². The van der Waals surface area contributed by atoms with Gasteiger partial charge in [0.15, 0.2) is 0 Å². The second-order valence-corrected chi connectivity index (χ2v) is 9.89. The zero-order valence-corrected chi connectivity index (χ0v) is 17.8. The fourth-order valence-electron chi connectivity index (χ4n) is 2.77. The van der Waals surface area contributed by atoms with E-state index in [1.807, 2.05) is 0 Å². The van der Waals surface area contributed by atoms with E-state index in [1.165, 1.54) is 18.2 Å². The van der Waals surface area contributed by atoms with Gasteiger partial charge in [0.25, 0.3) is 11.8 Å². The molecule has 4 rings (SSSR count). The molecule has 0 radical (unpaired) electrons. The Hall–Kier alpha value is -2.23. The van der Waals surface area contributed by atoms with Crippen molar-refractivity contribution in [2.45, 2.75) is 42.7 Å². The van der Waals surface area contributed by atoms with Crippen molar-refractivity contribution in [2.75, 3.05) is 5.32 Å². The predicted octanol–water partition coefficient (Wildman–Crippen LogP) is 3.03. The fraction of sp³-hybridized carbons (Fsp3) is 0.300. The van der Waals surface area contributed by atoms with Gasteiger partial charge in [-0.2, -0.15) is 0 Å². The van der Waals surface area contributed by atoms with Crippen molar-refractivity contribution in [1.82, 2.24) is 10.0 Å². The Kier molecular flexibility index (Phi) is 5.46. The smallest absolute Gasteiger partial charge is 0.256 e. The topological polar surface area (TPSA) is 104 Å². The van der Waals surface area contributed by atoms with Crippen molar-refractivity contribution < 1.29 is 18.0 Å². The summed E-state index contributed by atoms with van der Waals surface area (Å²) in [5, 5.41) is 5.63. The Labute approximate surface area is 177 Å². The molecule has 0 bridgehead atoms. The lowest BCUT2D eigenvalue weighted by Gasteiger charge is -2.11. The molecule has 0 atom stereocenters. The molecule has 9 heteroatoms. The van der Waals surface area contributed by atoms with Crippen molar-refractivity contribution in [3.8, 4) is 0 Å². The van der Waals surface area contributed by atoms with Gasteiger partial charge in [0.1, 0.15) is 0 Å². The molecule has 2 saturated carbocycles. The highest BCUT2D eigenvalue weighted by molar-refractivity contribution is 9.10. The first-order chi connectivity index (χ1) is 13.8. The minimum Gasteiger partial charge on any atom is -0.349 e. The van der Waals surface area contributed by atoms with Crippen LogP contribution in [0.2, 0.25) is 0 Å². The second kappa shape index (κ2) is 7.89. The largest absolute Gasteiger partial charge is 0.349 e. The zero-order chi connectivity index (χ0) is 20.6. The van der Waals surface area contributed by atoms with Crippen LogP contribution in [0.5, 0.6) is 0 Å². The number of rotatable bonds is 7. The number of amides is 2. The molecule has 29 heavy (non-hydrogen) atoms. The van der Waals surface area contributed by atoms with Gasteiger partial charge in [0.05, 0.1) is 10.5 Å². The van der Waals surface area contributed by atoms with Gasteiger partial charge >= 0.3 is 0 Å². The van der Waals surface area contributed by atoms with Crippen molar-refractivity contribution in [3.63, 3.8) is 0 Å². The summed E-state index contributed by atoms with van der Waals surface area (Å²) >= 11 is 3.31. The molecule has 0 unspecified atom stereocenters. The Morgan fingerprint density at radius 1 is 0.931 bits per heavy atom. The van der Waals surface area contributed by atoms with Crippen LogP contribution in [0.25, 0.3) is 0 Å². The van der Waals surface area contributed by atoms with Crippen LogP contribution in [-0.2, 0) is 10.0 Å². The van der Waals surface area contributed by atoms with Gasteiger partial charge in [-0.05, 0) is 78.0 Å². The SMILES string of the molecule is O=C(NC1CC1)c1cccc(NC(=O)c2cc(S(=O)(=O)NC3CC3)ccc2Br)c1. The maximum atomic E-state index is 12.8. The van der Waals surface area contributed by atoms with E-state index in [9.17, 15) is 18.0 Å². The first-order valence-corrected chi connectivity index (χ1v) is 11.6. The number of hydrogen-bond donors (Lipinski definition) is 3. The molecule has 0 saturated heterocycles. The number of hydrogen-bond acceptors (Lipinski definition) is 4. The average Bonchev–Trinajstić information content (AvgIpc) is 3.59.